The highest BCUT2D eigenvalue weighted by Crippen LogP contribution is 2.07. The second-order valence-electron chi connectivity index (χ2n) is 6.14. The van der Waals surface area contributed by atoms with Crippen molar-refractivity contribution in [2.24, 2.45) is 4.99 Å². The number of unbranched alkanes of at least 4 members (excludes halogenated alkanes) is 1. The van der Waals surface area contributed by atoms with Gasteiger partial charge in [0.15, 0.2) is 5.96 Å². The van der Waals surface area contributed by atoms with Crippen LogP contribution >= 0.6 is 0 Å². The minimum Gasteiger partial charge on any atom is -0.467 e. The highest BCUT2D eigenvalue weighted by molar-refractivity contribution is 5.94. The molecule has 0 unspecified atom stereocenters. The van der Waals surface area contributed by atoms with E-state index in [2.05, 4.69) is 27.4 Å². The predicted molar refractivity (Wildman–Crippen MR) is 104 cm³/mol. The van der Waals surface area contributed by atoms with Gasteiger partial charge in [0.05, 0.1) is 12.8 Å². The van der Waals surface area contributed by atoms with Crippen LogP contribution < -0.4 is 10.6 Å². The normalized spacial score (nSPS) is 11.3. The highest BCUT2D eigenvalue weighted by Gasteiger charge is 2.08. The van der Waals surface area contributed by atoms with Crippen molar-refractivity contribution >= 4 is 11.9 Å². The zero-order valence-electron chi connectivity index (χ0n) is 15.8. The first-order chi connectivity index (χ1) is 12.6. The Hall–Kier alpha value is -2.76. The number of benzene rings is 1. The molecule has 1 amide bonds. The molecule has 0 aliphatic rings. The average Bonchev–Trinajstić information content (AvgIpc) is 3.18. The van der Waals surface area contributed by atoms with E-state index in [1.807, 2.05) is 37.4 Å². The number of amides is 1. The Labute approximate surface area is 155 Å². The topological polar surface area (TPSA) is 69.9 Å². The van der Waals surface area contributed by atoms with Crippen molar-refractivity contribution in [1.29, 1.82) is 0 Å². The Bertz CT molecular complexity index is 710. The fourth-order valence-electron chi connectivity index (χ4n) is 2.57. The fraction of sp³-hybridized carbons (Fsp3) is 0.400. The van der Waals surface area contributed by atoms with Gasteiger partial charge in [-0.1, -0.05) is 25.5 Å². The standard InChI is InChI=1S/C20H28N4O2/c1-4-5-11-24(3)20(21-2)23-14-16-8-6-9-17(13-16)19(25)22-15-18-10-7-12-26-18/h6-10,12-13H,4-5,11,14-15H2,1-3H3,(H,21,23)(H,22,25). The molecule has 0 atom stereocenters. The van der Waals surface area contributed by atoms with E-state index in [1.54, 1.807) is 19.4 Å². The van der Waals surface area contributed by atoms with Gasteiger partial charge in [0.25, 0.3) is 5.91 Å². The van der Waals surface area contributed by atoms with Crippen molar-refractivity contribution in [3.8, 4) is 0 Å². The van der Waals surface area contributed by atoms with Crippen molar-refractivity contribution in [1.82, 2.24) is 15.5 Å². The smallest absolute Gasteiger partial charge is 0.251 e. The lowest BCUT2D eigenvalue weighted by Crippen LogP contribution is -2.39. The molecule has 0 radical (unpaired) electrons. The van der Waals surface area contributed by atoms with E-state index in [0.717, 1.165) is 36.7 Å². The van der Waals surface area contributed by atoms with Crippen LogP contribution in [0.4, 0.5) is 0 Å². The van der Waals surface area contributed by atoms with Crippen LogP contribution in [0.1, 0.15) is 41.4 Å². The SMILES string of the molecule is CCCCN(C)C(=NC)NCc1cccc(C(=O)NCc2ccco2)c1. The minimum absolute atomic E-state index is 0.118. The Morgan fingerprint density at radius 2 is 2.04 bits per heavy atom. The van der Waals surface area contributed by atoms with E-state index in [4.69, 9.17) is 4.42 Å². The molecular formula is C20H28N4O2. The van der Waals surface area contributed by atoms with Crippen LogP contribution in [-0.2, 0) is 13.1 Å². The maximum absolute atomic E-state index is 12.3. The average molecular weight is 356 g/mol. The Balaban J connectivity index is 1.90. The predicted octanol–water partition coefficient (Wildman–Crippen LogP) is 3.02. The van der Waals surface area contributed by atoms with E-state index in [-0.39, 0.29) is 5.91 Å². The summed E-state index contributed by atoms with van der Waals surface area (Å²) in [6.07, 6.45) is 3.87. The molecule has 1 aromatic carbocycles. The number of guanidine groups is 1. The Morgan fingerprint density at radius 3 is 2.73 bits per heavy atom. The van der Waals surface area contributed by atoms with Gasteiger partial charge in [-0.3, -0.25) is 9.79 Å². The van der Waals surface area contributed by atoms with Gasteiger partial charge < -0.3 is 20.0 Å². The summed E-state index contributed by atoms with van der Waals surface area (Å²) in [5.41, 5.74) is 1.66. The number of furan rings is 1. The number of hydrogen-bond acceptors (Lipinski definition) is 3. The van der Waals surface area contributed by atoms with E-state index in [1.165, 1.54) is 0 Å². The van der Waals surface area contributed by atoms with Crippen LogP contribution in [-0.4, -0.2) is 37.4 Å². The number of nitrogens with one attached hydrogen (secondary N) is 2. The Kier molecular flexibility index (Phi) is 7.74. The van der Waals surface area contributed by atoms with Gasteiger partial charge in [0.2, 0.25) is 0 Å². The van der Waals surface area contributed by atoms with Crippen LogP contribution in [0.25, 0.3) is 0 Å². The molecule has 2 aromatic rings. The van der Waals surface area contributed by atoms with Gasteiger partial charge in [-0.15, -0.1) is 0 Å². The van der Waals surface area contributed by atoms with Crippen LogP contribution in [0.5, 0.6) is 0 Å². The molecule has 2 N–H and O–H groups in total. The van der Waals surface area contributed by atoms with Crippen LogP contribution in [0.3, 0.4) is 0 Å². The zero-order valence-corrected chi connectivity index (χ0v) is 15.8. The molecule has 1 heterocycles. The van der Waals surface area contributed by atoms with Gasteiger partial charge in [-0.2, -0.15) is 0 Å². The molecule has 2 rings (SSSR count). The molecule has 0 aliphatic heterocycles. The third-order valence-electron chi connectivity index (χ3n) is 4.06. The third-order valence-corrected chi connectivity index (χ3v) is 4.06. The summed E-state index contributed by atoms with van der Waals surface area (Å²) in [5, 5.41) is 6.21. The summed E-state index contributed by atoms with van der Waals surface area (Å²) in [6, 6.07) is 11.2. The highest BCUT2D eigenvalue weighted by atomic mass is 16.3. The summed E-state index contributed by atoms with van der Waals surface area (Å²) in [6.45, 7) is 4.13. The molecule has 6 nitrogen and oxygen atoms in total. The van der Waals surface area contributed by atoms with Gasteiger partial charge in [-0.05, 0) is 36.2 Å². The summed E-state index contributed by atoms with van der Waals surface area (Å²) in [7, 11) is 3.81. The summed E-state index contributed by atoms with van der Waals surface area (Å²) in [5.74, 6) is 1.47. The molecule has 1 aromatic heterocycles. The first kappa shape index (κ1) is 19.6. The molecule has 0 saturated heterocycles. The molecule has 0 fully saturated rings. The summed E-state index contributed by atoms with van der Waals surface area (Å²) < 4.78 is 5.23. The number of nitrogens with zero attached hydrogens (tertiary/aromatic N) is 2. The second-order valence-corrected chi connectivity index (χ2v) is 6.14. The van der Waals surface area contributed by atoms with Crippen LogP contribution in [0.15, 0.2) is 52.1 Å². The van der Waals surface area contributed by atoms with E-state index < -0.39 is 0 Å². The van der Waals surface area contributed by atoms with Gasteiger partial charge >= 0.3 is 0 Å². The molecule has 26 heavy (non-hydrogen) atoms. The number of carbonyl (C=O) groups excluding carboxylic acids is 1. The minimum atomic E-state index is -0.118. The van der Waals surface area contributed by atoms with E-state index >= 15 is 0 Å². The van der Waals surface area contributed by atoms with Gasteiger partial charge in [0.1, 0.15) is 5.76 Å². The van der Waals surface area contributed by atoms with Crippen molar-refractivity contribution < 1.29 is 9.21 Å². The fourth-order valence-corrected chi connectivity index (χ4v) is 2.57. The number of hydrogen-bond donors (Lipinski definition) is 2. The molecule has 0 bridgehead atoms. The number of carbonyl (C=O) groups is 1. The maximum atomic E-state index is 12.3. The van der Waals surface area contributed by atoms with E-state index in [0.29, 0.717) is 18.7 Å². The summed E-state index contributed by atoms with van der Waals surface area (Å²) >= 11 is 0. The van der Waals surface area contributed by atoms with Crippen LogP contribution in [0, 0.1) is 0 Å². The molecule has 0 aliphatic carbocycles. The first-order valence-electron chi connectivity index (χ1n) is 8.95. The number of aliphatic imine (C=N–C) groups is 1. The maximum Gasteiger partial charge on any atom is 0.251 e. The van der Waals surface area contributed by atoms with Gasteiger partial charge in [-0.25, -0.2) is 0 Å². The zero-order chi connectivity index (χ0) is 18.8. The molecule has 6 heteroatoms. The first-order valence-corrected chi connectivity index (χ1v) is 8.95. The lowest BCUT2D eigenvalue weighted by atomic mass is 10.1. The summed E-state index contributed by atoms with van der Waals surface area (Å²) in [4.78, 5) is 18.7. The number of rotatable bonds is 8. The Morgan fingerprint density at radius 1 is 1.19 bits per heavy atom. The van der Waals surface area contributed by atoms with E-state index in [9.17, 15) is 4.79 Å². The van der Waals surface area contributed by atoms with Crippen molar-refractivity contribution in [2.45, 2.75) is 32.9 Å². The van der Waals surface area contributed by atoms with Crippen molar-refractivity contribution in [3.63, 3.8) is 0 Å². The second kappa shape index (κ2) is 10.3. The van der Waals surface area contributed by atoms with Gasteiger partial charge in [0, 0.05) is 32.7 Å². The molecule has 0 spiro atoms. The van der Waals surface area contributed by atoms with Crippen LogP contribution in [0.2, 0.25) is 0 Å². The molecule has 140 valence electrons. The largest absolute Gasteiger partial charge is 0.467 e. The lowest BCUT2D eigenvalue weighted by Gasteiger charge is -2.22. The lowest BCUT2D eigenvalue weighted by molar-refractivity contribution is 0.0948. The molecule has 0 saturated carbocycles. The third kappa shape index (κ3) is 5.95. The quantitative estimate of drug-likeness (QED) is 0.563. The molecular weight excluding hydrogens is 328 g/mol. The van der Waals surface area contributed by atoms with Crippen molar-refractivity contribution in [3.05, 3.63) is 59.5 Å². The monoisotopic (exact) mass is 356 g/mol. The van der Waals surface area contributed by atoms with Crippen molar-refractivity contribution in [2.75, 3.05) is 20.6 Å².